The Hall–Kier alpha value is -3.21. The molecule has 0 radical (unpaired) electrons. The van der Waals surface area contributed by atoms with E-state index in [2.05, 4.69) is 50.1 Å². The van der Waals surface area contributed by atoms with Crippen LogP contribution in [-0.4, -0.2) is 73.3 Å². The van der Waals surface area contributed by atoms with Crippen LogP contribution in [0.3, 0.4) is 0 Å². The molecule has 0 aromatic heterocycles. The number of hydrogen-bond donors (Lipinski definition) is 7. The summed E-state index contributed by atoms with van der Waals surface area (Å²) in [5.41, 5.74) is 18.0. The zero-order chi connectivity index (χ0) is 24.9. The van der Waals surface area contributed by atoms with Gasteiger partial charge in [-0.1, -0.05) is 36.9 Å². The summed E-state index contributed by atoms with van der Waals surface area (Å²) in [6.45, 7) is 13.2. The van der Waals surface area contributed by atoms with E-state index in [1.54, 1.807) is 6.08 Å². The van der Waals surface area contributed by atoms with Crippen LogP contribution < -0.4 is 33.2 Å². The van der Waals surface area contributed by atoms with Gasteiger partial charge in [-0.15, -0.1) is 0 Å². The lowest BCUT2D eigenvalue weighted by molar-refractivity contribution is 0.168. The molecule has 186 valence electrons. The number of nitrogens with two attached hydrogens (primary N) is 3. The zero-order valence-electron chi connectivity index (χ0n) is 19.5. The highest BCUT2D eigenvalue weighted by molar-refractivity contribution is 6.30. The van der Waals surface area contributed by atoms with Gasteiger partial charge >= 0.3 is 0 Å². The first kappa shape index (κ1) is 27.0. The molecule has 0 aromatic rings. The van der Waals surface area contributed by atoms with Gasteiger partial charge < -0.3 is 32.7 Å². The molecule has 2 heterocycles. The zero-order valence-corrected chi connectivity index (χ0v) is 20.3. The Morgan fingerprint density at radius 1 is 1.29 bits per heavy atom. The van der Waals surface area contributed by atoms with Crippen LogP contribution in [0, 0.1) is 5.41 Å². The molecule has 2 unspecified atom stereocenters. The highest BCUT2D eigenvalue weighted by Gasteiger charge is 2.21. The molecule has 1 fully saturated rings. The van der Waals surface area contributed by atoms with Crippen molar-refractivity contribution in [2.24, 2.45) is 22.2 Å². The number of guanidine groups is 2. The number of aliphatic imine (C=N–C) groups is 1. The van der Waals surface area contributed by atoms with Gasteiger partial charge in [0.2, 0.25) is 0 Å². The van der Waals surface area contributed by atoms with Crippen LogP contribution >= 0.6 is 11.6 Å². The van der Waals surface area contributed by atoms with Crippen molar-refractivity contribution >= 4 is 23.5 Å². The molecule has 11 heteroatoms. The largest absolute Gasteiger partial charge is 0.375 e. The number of piperazine rings is 1. The fourth-order valence-electron chi connectivity index (χ4n) is 3.59. The Balaban J connectivity index is 1.95. The van der Waals surface area contributed by atoms with Crippen molar-refractivity contribution < 1.29 is 0 Å². The van der Waals surface area contributed by atoms with Gasteiger partial charge in [0.15, 0.2) is 18.2 Å². The average Bonchev–Trinajstić information content (AvgIpc) is 2.78. The van der Waals surface area contributed by atoms with E-state index in [1.165, 1.54) is 0 Å². The third-order valence-electron chi connectivity index (χ3n) is 5.26. The van der Waals surface area contributed by atoms with Gasteiger partial charge in [-0.05, 0) is 42.5 Å². The maximum atomic E-state index is 7.53. The molecule has 0 amide bonds. The molecule has 1 saturated heterocycles. The van der Waals surface area contributed by atoms with Crippen LogP contribution in [0.2, 0.25) is 0 Å². The van der Waals surface area contributed by atoms with Gasteiger partial charge in [0.25, 0.3) is 0 Å². The van der Waals surface area contributed by atoms with E-state index < -0.39 is 6.29 Å². The van der Waals surface area contributed by atoms with E-state index >= 15 is 0 Å². The van der Waals surface area contributed by atoms with Crippen LogP contribution in [0.1, 0.15) is 6.42 Å². The minimum Gasteiger partial charge on any atom is -0.375 e. The summed E-state index contributed by atoms with van der Waals surface area (Å²) < 4.78 is 0. The lowest BCUT2D eigenvalue weighted by Gasteiger charge is -2.34. The molecule has 2 atom stereocenters. The molecular weight excluding hydrogens is 452 g/mol. The van der Waals surface area contributed by atoms with E-state index in [9.17, 15) is 0 Å². The maximum absolute atomic E-state index is 7.53. The normalized spacial score (nSPS) is 21.7. The average molecular weight is 489 g/mol. The minimum atomic E-state index is -0.428. The van der Waals surface area contributed by atoms with E-state index in [-0.39, 0.29) is 18.0 Å². The predicted octanol–water partition coefficient (Wildman–Crippen LogP) is 0.414. The molecule has 0 aliphatic carbocycles. The van der Waals surface area contributed by atoms with Gasteiger partial charge in [-0.25, -0.2) is 0 Å². The first-order valence-corrected chi connectivity index (χ1v) is 11.5. The van der Waals surface area contributed by atoms with Crippen LogP contribution in [0.25, 0.3) is 0 Å². The first-order valence-electron chi connectivity index (χ1n) is 11.2. The second kappa shape index (κ2) is 14.1. The summed E-state index contributed by atoms with van der Waals surface area (Å²) in [7, 11) is 0. The van der Waals surface area contributed by atoms with Gasteiger partial charge in [-0.3, -0.25) is 20.6 Å². The number of nitrogens with zero attached hydrogens (tertiary/aromatic N) is 3. The molecule has 0 aromatic carbocycles. The molecule has 2 aliphatic heterocycles. The number of rotatable bonds is 11. The van der Waals surface area contributed by atoms with Crippen molar-refractivity contribution in [1.29, 1.82) is 5.41 Å². The van der Waals surface area contributed by atoms with Crippen LogP contribution in [-0.2, 0) is 0 Å². The molecule has 34 heavy (non-hydrogen) atoms. The molecule has 0 spiro atoms. The monoisotopic (exact) mass is 488 g/mol. The van der Waals surface area contributed by atoms with Crippen LogP contribution in [0.5, 0.6) is 0 Å². The Labute approximate surface area is 207 Å². The van der Waals surface area contributed by atoms with Crippen molar-refractivity contribution in [3.63, 3.8) is 0 Å². The second-order valence-corrected chi connectivity index (χ2v) is 8.42. The highest BCUT2D eigenvalue weighted by Crippen LogP contribution is 2.14. The van der Waals surface area contributed by atoms with E-state index in [0.29, 0.717) is 11.6 Å². The Morgan fingerprint density at radius 2 is 2.03 bits per heavy atom. The lowest BCUT2D eigenvalue weighted by atomic mass is 10.0. The molecule has 10 N–H and O–H groups in total. The van der Waals surface area contributed by atoms with Gasteiger partial charge in [0.1, 0.15) is 0 Å². The molecule has 0 bridgehead atoms. The molecule has 0 saturated carbocycles. The van der Waals surface area contributed by atoms with Crippen LogP contribution in [0.4, 0.5) is 0 Å². The Bertz CT molecular complexity index is 861. The quantitative estimate of drug-likeness (QED) is 0.0953. The molecule has 2 rings (SSSR count). The number of hydrogen-bond acceptors (Lipinski definition) is 6. The van der Waals surface area contributed by atoms with Crippen molar-refractivity contribution in [1.82, 2.24) is 25.8 Å². The summed E-state index contributed by atoms with van der Waals surface area (Å²) in [6.07, 6.45) is 14.0. The third-order valence-corrected chi connectivity index (χ3v) is 5.39. The van der Waals surface area contributed by atoms with Crippen molar-refractivity contribution in [2.75, 3.05) is 39.3 Å². The first-order chi connectivity index (χ1) is 16.3. The Morgan fingerprint density at radius 3 is 2.65 bits per heavy atom. The van der Waals surface area contributed by atoms with E-state index in [0.717, 1.165) is 50.4 Å². The molecular formula is C23H37ClN10. The van der Waals surface area contributed by atoms with Crippen molar-refractivity contribution in [3.8, 4) is 0 Å². The topological polar surface area (TPSA) is 157 Å². The molecule has 2 aliphatic rings. The summed E-state index contributed by atoms with van der Waals surface area (Å²) in [6, 6.07) is -0.148. The van der Waals surface area contributed by atoms with E-state index in [1.807, 2.05) is 30.4 Å². The summed E-state index contributed by atoms with van der Waals surface area (Å²) in [5.74, 6) is 0.00622. The summed E-state index contributed by atoms with van der Waals surface area (Å²) in [4.78, 5) is 8.76. The van der Waals surface area contributed by atoms with Crippen molar-refractivity contribution in [3.05, 3.63) is 72.1 Å². The fraction of sp³-hybridized carbons (Fsp3) is 0.391. The van der Waals surface area contributed by atoms with E-state index in [4.69, 9.17) is 34.2 Å². The van der Waals surface area contributed by atoms with Gasteiger partial charge in [-0.2, -0.15) is 0 Å². The molecule has 10 nitrogen and oxygen atoms in total. The third kappa shape index (κ3) is 10.2. The highest BCUT2D eigenvalue weighted by atomic mass is 35.5. The summed E-state index contributed by atoms with van der Waals surface area (Å²) >= 11 is 5.86. The number of allylic oxidation sites excluding steroid dienone is 5. The summed E-state index contributed by atoms with van der Waals surface area (Å²) in [5, 5.41) is 17.3. The predicted molar refractivity (Wildman–Crippen MR) is 142 cm³/mol. The number of halogens is 1. The van der Waals surface area contributed by atoms with Gasteiger partial charge in [0.05, 0.1) is 6.04 Å². The maximum Gasteiger partial charge on any atom is 0.188 e. The Kier molecular flexibility index (Phi) is 11.2. The van der Waals surface area contributed by atoms with Gasteiger partial charge in [0, 0.05) is 50.0 Å². The second-order valence-electron chi connectivity index (χ2n) is 7.93. The minimum absolute atomic E-state index is 0.143. The standard InChI is InChI=1S/C23H37ClN10/c1-3-18(20-16-19(8-7-17(2)24)30-23(31-20)32-22(27)28)6-4-10-33-12-14-34(15-13-33)11-5-9-29-21(25)26/h3-4,6-8,10,16,20,23,30-31H,1-2,5,9,11-15H2,(H4,25,26,29)(H4,27,28,32)/b8-7-,10-4+,18-6+. The smallest absolute Gasteiger partial charge is 0.188 e. The van der Waals surface area contributed by atoms with Crippen LogP contribution in [0.15, 0.2) is 77.1 Å². The SMILES string of the molecule is C=C/C(=C\C=C\N1CCN(CCCN=C(N)N)CC1)C1C=C(/C=C\C(=C)Cl)NC(NC(=N)N)N1. The fourth-order valence-corrected chi connectivity index (χ4v) is 3.65. The van der Waals surface area contributed by atoms with Crippen molar-refractivity contribution in [2.45, 2.75) is 18.8 Å². The number of nitrogens with one attached hydrogen (secondary N) is 4. The lowest BCUT2D eigenvalue weighted by Crippen LogP contribution is -2.60.